The Labute approximate surface area is 84.6 Å². The molecule has 0 aliphatic carbocycles. The molecule has 0 saturated heterocycles. The fourth-order valence-corrected chi connectivity index (χ4v) is 1.37. The summed E-state index contributed by atoms with van der Waals surface area (Å²) in [5, 5.41) is 0. The summed E-state index contributed by atoms with van der Waals surface area (Å²) in [7, 11) is 1.61. The third kappa shape index (κ3) is 2.29. The molecule has 0 aromatic heterocycles. The van der Waals surface area contributed by atoms with E-state index in [-0.39, 0.29) is 6.07 Å². The fourth-order valence-electron chi connectivity index (χ4n) is 0.784. The maximum Gasteiger partial charge on any atom is 0.162 e. The average molecular weight is 252 g/mol. The third-order valence-corrected chi connectivity index (χ3v) is 2.08. The number of rotatable bonds is 3. The van der Waals surface area contributed by atoms with Gasteiger partial charge in [-0.3, -0.25) is 0 Å². The Morgan fingerprint density at radius 3 is 2.75 bits per heavy atom. The van der Waals surface area contributed by atoms with Crippen LogP contribution >= 0.6 is 27.5 Å². The smallest absolute Gasteiger partial charge is 0.162 e. The van der Waals surface area contributed by atoms with Crippen molar-refractivity contribution in [3.63, 3.8) is 0 Å². The Hall–Kier alpha value is -0.410. The molecule has 0 unspecified atom stereocenters. The standard InChI is InChI=1S/C8H8BrClO2/c1-11-6-2-3-8(12-5-10)7(9)4-6/h2-4H,5H2,1H3. The quantitative estimate of drug-likeness (QED) is 0.769. The molecule has 0 aliphatic heterocycles. The van der Waals surface area contributed by atoms with Gasteiger partial charge in [-0.15, -0.1) is 0 Å². The zero-order valence-electron chi connectivity index (χ0n) is 6.51. The number of methoxy groups -OCH3 is 1. The second kappa shape index (κ2) is 4.58. The second-order valence-electron chi connectivity index (χ2n) is 2.05. The summed E-state index contributed by atoms with van der Waals surface area (Å²) >= 11 is 8.73. The number of halogens is 2. The van der Waals surface area contributed by atoms with Gasteiger partial charge in [0.1, 0.15) is 11.5 Å². The predicted octanol–water partition coefficient (Wildman–Crippen LogP) is 3.03. The molecule has 1 rings (SSSR count). The molecule has 1 aromatic carbocycles. The SMILES string of the molecule is COc1ccc(OCCl)c(Br)c1. The minimum absolute atomic E-state index is 0.144. The summed E-state index contributed by atoms with van der Waals surface area (Å²) in [5.41, 5.74) is 0. The summed E-state index contributed by atoms with van der Waals surface area (Å²) in [4.78, 5) is 0. The van der Waals surface area contributed by atoms with Gasteiger partial charge >= 0.3 is 0 Å². The molecule has 4 heteroatoms. The molecule has 66 valence electrons. The lowest BCUT2D eigenvalue weighted by atomic mass is 10.3. The molecule has 0 heterocycles. The molecule has 0 bridgehead atoms. The van der Waals surface area contributed by atoms with E-state index < -0.39 is 0 Å². The molecular weight excluding hydrogens is 243 g/mol. The highest BCUT2D eigenvalue weighted by Crippen LogP contribution is 2.29. The fraction of sp³-hybridized carbons (Fsp3) is 0.250. The first-order chi connectivity index (χ1) is 5.77. The van der Waals surface area contributed by atoms with Crippen LogP contribution < -0.4 is 9.47 Å². The van der Waals surface area contributed by atoms with Gasteiger partial charge in [0.05, 0.1) is 11.6 Å². The van der Waals surface area contributed by atoms with Gasteiger partial charge < -0.3 is 9.47 Å². The summed E-state index contributed by atoms with van der Waals surface area (Å²) < 4.78 is 10.9. The van der Waals surface area contributed by atoms with Crippen LogP contribution in [0.1, 0.15) is 0 Å². The van der Waals surface area contributed by atoms with Crippen molar-refractivity contribution in [3.05, 3.63) is 22.7 Å². The van der Waals surface area contributed by atoms with E-state index in [1.807, 2.05) is 12.1 Å². The molecule has 12 heavy (non-hydrogen) atoms. The van der Waals surface area contributed by atoms with Crippen molar-refractivity contribution in [2.24, 2.45) is 0 Å². The second-order valence-corrected chi connectivity index (χ2v) is 3.12. The maximum absolute atomic E-state index is 5.41. The van der Waals surface area contributed by atoms with Crippen molar-refractivity contribution in [1.29, 1.82) is 0 Å². The van der Waals surface area contributed by atoms with Crippen LogP contribution in [0.3, 0.4) is 0 Å². The van der Waals surface area contributed by atoms with Crippen LogP contribution in [-0.2, 0) is 0 Å². The van der Waals surface area contributed by atoms with Gasteiger partial charge in [-0.05, 0) is 34.1 Å². The molecular formula is C8H8BrClO2. The first-order valence-electron chi connectivity index (χ1n) is 3.30. The van der Waals surface area contributed by atoms with Gasteiger partial charge in [-0.1, -0.05) is 11.6 Å². The Balaban J connectivity index is 2.87. The highest BCUT2D eigenvalue weighted by atomic mass is 79.9. The van der Waals surface area contributed by atoms with Crippen molar-refractivity contribution < 1.29 is 9.47 Å². The van der Waals surface area contributed by atoms with E-state index in [0.717, 1.165) is 10.2 Å². The van der Waals surface area contributed by atoms with Crippen molar-refractivity contribution in [2.45, 2.75) is 0 Å². The molecule has 2 nitrogen and oxygen atoms in total. The third-order valence-electron chi connectivity index (χ3n) is 1.35. The largest absolute Gasteiger partial charge is 0.497 e. The molecule has 0 aliphatic rings. The van der Waals surface area contributed by atoms with Crippen LogP contribution in [0.15, 0.2) is 22.7 Å². The van der Waals surface area contributed by atoms with E-state index in [1.54, 1.807) is 13.2 Å². The normalized spacial score (nSPS) is 9.58. The predicted molar refractivity (Wildman–Crippen MR) is 52.0 cm³/mol. The van der Waals surface area contributed by atoms with Crippen LogP contribution in [0.2, 0.25) is 0 Å². The summed E-state index contributed by atoms with van der Waals surface area (Å²) in [6, 6.07) is 5.57. The minimum atomic E-state index is 0.144. The topological polar surface area (TPSA) is 18.5 Å². The molecule has 0 radical (unpaired) electrons. The van der Waals surface area contributed by atoms with E-state index in [9.17, 15) is 0 Å². The van der Waals surface area contributed by atoms with E-state index in [0.29, 0.717) is 5.75 Å². The van der Waals surface area contributed by atoms with Crippen molar-refractivity contribution >= 4 is 27.5 Å². The highest BCUT2D eigenvalue weighted by Gasteiger charge is 2.01. The van der Waals surface area contributed by atoms with Crippen LogP contribution in [-0.4, -0.2) is 13.2 Å². The number of ether oxygens (including phenoxy) is 2. The van der Waals surface area contributed by atoms with Crippen molar-refractivity contribution in [2.75, 3.05) is 13.2 Å². The maximum atomic E-state index is 5.41. The molecule has 0 amide bonds. The highest BCUT2D eigenvalue weighted by molar-refractivity contribution is 9.10. The molecule has 0 saturated carbocycles. The molecule has 0 N–H and O–H groups in total. The summed E-state index contributed by atoms with van der Waals surface area (Å²) in [6.07, 6.45) is 0. The lowest BCUT2D eigenvalue weighted by Crippen LogP contribution is -1.90. The molecule has 0 fully saturated rings. The Morgan fingerprint density at radius 2 is 2.25 bits per heavy atom. The summed E-state index contributed by atoms with van der Waals surface area (Å²) in [5.74, 6) is 1.49. The van der Waals surface area contributed by atoms with Gasteiger partial charge in [-0.25, -0.2) is 0 Å². The van der Waals surface area contributed by atoms with Crippen LogP contribution in [0.5, 0.6) is 11.5 Å². The molecule has 0 atom stereocenters. The van der Waals surface area contributed by atoms with Crippen LogP contribution in [0, 0.1) is 0 Å². The van der Waals surface area contributed by atoms with E-state index >= 15 is 0 Å². The average Bonchev–Trinajstić information content (AvgIpc) is 2.09. The minimum Gasteiger partial charge on any atom is -0.497 e. The number of hydrogen-bond donors (Lipinski definition) is 0. The Morgan fingerprint density at radius 1 is 1.50 bits per heavy atom. The van der Waals surface area contributed by atoms with Gasteiger partial charge in [0, 0.05) is 0 Å². The Bertz CT molecular complexity index is 265. The van der Waals surface area contributed by atoms with Crippen LogP contribution in [0.4, 0.5) is 0 Å². The van der Waals surface area contributed by atoms with Gasteiger partial charge in [-0.2, -0.15) is 0 Å². The zero-order valence-corrected chi connectivity index (χ0v) is 8.85. The lowest BCUT2D eigenvalue weighted by Gasteiger charge is -2.05. The van der Waals surface area contributed by atoms with E-state index in [4.69, 9.17) is 21.1 Å². The lowest BCUT2D eigenvalue weighted by molar-refractivity contribution is 0.381. The number of benzene rings is 1. The van der Waals surface area contributed by atoms with Crippen LogP contribution in [0.25, 0.3) is 0 Å². The molecule has 1 aromatic rings. The first-order valence-corrected chi connectivity index (χ1v) is 4.63. The van der Waals surface area contributed by atoms with Crippen molar-refractivity contribution in [3.8, 4) is 11.5 Å². The van der Waals surface area contributed by atoms with Crippen molar-refractivity contribution in [1.82, 2.24) is 0 Å². The molecule has 0 spiro atoms. The van der Waals surface area contributed by atoms with Gasteiger partial charge in [0.2, 0.25) is 0 Å². The summed E-state index contributed by atoms with van der Waals surface area (Å²) in [6.45, 7) is 0. The van der Waals surface area contributed by atoms with Gasteiger partial charge in [0.25, 0.3) is 0 Å². The van der Waals surface area contributed by atoms with Gasteiger partial charge in [0.15, 0.2) is 6.07 Å². The first kappa shape index (κ1) is 9.68. The number of alkyl halides is 1. The van der Waals surface area contributed by atoms with E-state index in [2.05, 4.69) is 15.9 Å². The monoisotopic (exact) mass is 250 g/mol. The zero-order chi connectivity index (χ0) is 8.97. The Kier molecular flexibility index (Phi) is 3.69. The van der Waals surface area contributed by atoms with E-state index in [1.165, 1.54) is 0 Å². The number of hydrogen-bond acceptors (Lipinski definition) is 2.